The molecule has 0 saturated carbocycles. The van der Waals surface area contributed by atoms with E-state index in [1.165, 1.54) is 0 Å². The molecule has 0 atom stereocenters. The van der Waals surface area contributed by atoms with E-state index >= 15 is 0 Å². The summed E-state index contributed by atoms with van der Waals surface area (Å²) in [5.41, 5.74) is 1.53. The maximum atomic E-state index is 4.32. The Kier molecular flexibility index (Phi) is 2.74. The molecule has 0 bridgehead atoms. The van der Waals surface area contributed by atoms with E-state index in [2.05, 4.69) is 35.2 Å². The lowest BCUT2D eigenvalue weighted by Crippen LogP contribution is -1.89. The highest BCUT2D eigenvalue weighted by Gasteiger charge is 2.07. The molecule has 0 amide bonds. The Morgan fingerprint density at radius 3 is 1.57 bits per heavy atom. The largest absolute Gasteiger partial charge is 0.253 e. The number of thiol groups is 2. The summed E-state index contributed by atoms with van der Waals surface area (Å²) in [6, 6.07) is 7.45. The van der Waals surface area contributed by atoms with Crippen LogP contribution in [0, 0.1) is 0 Å². The first-order chi connectivity index (χ1) is 6.79. The lowest BCUT2D eigenvalue weighted by Gasteiger charge is -2.04. The molecule has 0 aliphatic heterocycles. The van der Waals surface area contributed by atoms with E-state index in [-0.39, 0.29) is 0 Å². The SMILES string of the molecule is Sc1cccnc1-c1ncccc1S. The second kappa shape index (κ2) is 4.02. The van der Waals surface area contributed by atoms with Crippen LogP contribution in [0.4, 0.5) is 0 Å². The summed E-state index contributed by atoms with van der Waals surface area (Å²) in [5, 5.41) is 0. The molecule has 0 aliphatic rings. The van der Waals surface area contributed by atoms with Crippen molar-refractivity contribution in [2.45, 2.75) is 9.79 Å². The normalized spacial score (nSPS) is 10.1. The van der Waals surface area contributed by atoms with E-state index in [9.17, 15) is 0 Å². The van der Waals surface area contributed by atoms with Gasteiger partial charge in [-0.3, -0.25) is 9.97 Å². The van der Waals surface area contributed by atoms with Gasteiger partial charge in [-0.05, 0) is 24.3 Å². The molecule has 2 aromatic heterocycles. The lowest BCUT2D eigenvalue weighted by atomic mass is 10.2. The zero-order valence-electron chi connectivity index (χ0n) is 7.25. The van der Waals surface area contributed by atoms with Gasteiger partial charge in [0.2, 0.25) is 0 Å². The number of hydrogen-bond donors (Lipinski definition) is 2. The van der Waals surface area contributed by atoms with Gasteiger partial charge < -0.3 is 0 Å². The average molecular weight is 220 g/mol. The highest BCUT2D eigenvalue weighted by atomic mass is 32.1. The van der Waals surface area contributed by atoms with Crippen LogP contribution in [0.15, 0.2) is 46.5 Å². The van der Waals surface area contributed by atoms with E-state index in [1.807, 2.05) is 24.3 Å². The Morgan fingerprint density at radius 1 is 0.786 bits per heavy atom. The van der Waals surface area contributed by atoms with Crippen molar-refractivity contribution in [2.75, 3.05) is 0 Å². The minimum absolute atomic E-state index is 0.765. The van der Waals surface area contributed by atoms with Crippen molar-refractivity contribution in [1.82, 2.24) is 9.97 Å². The molecular weight excluding hydrogens is 212 g/mol. The molecule has 0 spiro atoms. The van der Waals surface area contributed by atoms with Crippen molar-refractivity contribution in [2.24, 2.45) is 0 Å². The molecule has 0 saturated heterocycles. The van der Waals surface area contributed by atoms with E-state index < -0.39 is 0 Å². The predicted octanol–water partition coefficient (Wildman–Crippen LogP) is 2.72. The fourth-order valence-electron chi connectivity index (χ4n) is 1.16. The molecule has 0 aromatic carbocycles. The van der Waals surface area contributed by atoms with Gasteiger partial charge in [-0.25, -0.2) is 0 Å². The molecular formula is C10H8N2S2. The molecule has 0 unspecified atom stereocenters. The Balaban J connectivity index is 2.61. The van der Waals surface area contributed by atoms with Crippen molar-refractivity contribution < 1.29 is 0 Å². The van der Waals surface area contributed by atoms with Gasteiger partial charge in [0.15, 0.2) is 0 Å². The van der Waals surface area contributed by atoms with Crippen molar-refractivity contribution in [3.8, 4) is 11.4 Å². The first kappa shape index (κ1) is 9.55. The first-order valence-electron chi connectivity index (χ1n) is 4.07. The highest BCUT2D eigenvalue weighted by Crippen LogP contribution is 2.26. The first-order valence-corrected chi connectivity index (χ1v) is 4.97. The number of aromatic nitrogens is 2. The van der Waals surface area contributed by atoms with E-state index in [0.29, 0.717) is 0 Å². The van der Waals surface area contributed by atoms with E-state index in [1.54, 1.807) is 12.4 Å². The van der Waals surface area contributed by atoms with E-state index in [4.69, 9.17) is 0 Å². The van der Waals surface area contributed by atoms with Crippen molar-refractivity contribution in [3.05, 3.63) is 36.7 Å². The number of rotatable bonds is 1. The van der Waals surface area contributed by atoms with Gasteiger partial charge in [-0.2, -0.15) is 0 Å². The molecule has 2 rings (SSSR count). The summed E-state index contributed by atoms with van der Waals surface area (Å²) in [4.78, 5) is 10.1. The molecule has 2 heterocycles. The fraction of sp³-hybridized carbons (Fsp3) is 0. The minimum Gasteiger partial charge on any atom is -0.253 e. The summed E-state index contributed by atoms with van der Waals surface area (Å²) in [6.07, 6.45) is 3.44. The van der Waals surface area contributed by atoms with Gasteiger partial charge in [0, 0.05) is 22.2 Å². The molecule has 0 N–H and O–H groups in total. The van der Waals surface area contributed by atoms with Crippen LogP contribution in [0.3, 0.4) is 0 Å². The molecule has 2 nitrogen and oxygen atoms in total. The van der Waals surface area contributed by atoms with Crippen LogP contribution in [0.1, 0.15) is 0 Å². The third-order valence-electron chi connectivity index (χ3n) is 1.80. The van der Waals surface area contributed by atoms with E-state index in [0.717, 1.165) is 21.2 Å². The summed E-state index contributed by atoms with van der Waals surface area (Å²) < 4.78 is 0. The van der Waals surface area contributed by atoms with Crippen LogP contribution < -0.4 is 0 Å². The van der Waals surface area contributed by atoms with Crippen LogP contribution in [0.5, 0.6) is 0 Å². The Hall–Kier alpha value is -1.00. The van der Waals surface area contributed by atoms with Crippen LogP contribution >= 0.6 is 25.3 Å². The topological polar surface area (TPSA) is 25.8 Å². The molecule has 0 aliphatic carbocycles. The second-order valence-electron chi connectivity index (χ2n) is 2.74. The maximum absolute atomic E-state index is 4.32. The van der Waals surface area contributed by atoms with Gasteiger partial charge in [-0.1, -0.05) is 0 Å². The zero-order valence-corrected chi connectivity index (χ0v) is 9.04. The molecule has 4 heteroatoms. The zero-order chi connectivity index (χ0) is 9.97. The van der Waals surface area contributed by atoms with Gasteiger partial charge in [0.25, 0.3) is 0 Å². The average Bonchev–Trinajstić information content (AvgIpc) is 2.20. The molecule has 2 aromatic rings. The fourth-order valence-corrected chi connectivity index (χ4v) is 1.66. The molecule has 14 heavy (non-hydrogen) atoms. The number of hydrogen-bond acceptors (Lipinski definition) is 4. The smallest absolute Gasteiger partial charge is 0.103 e. The summed E-state index contributed by atoms with van der Waals surface area (Å²) >= 11 is 8.64. The summed E-state index contributed by atoms with van der Waals surface area (Å²) in [5.74, 6) is 0. The predicted molar refractivity (Wildman–Crippen MR) is 62.0 cm³/mol. The van der Waals surface area contributed by atoms with Crippen molar-refractivity contribution >= 4 is 25.3 Å². The molecule has 0 fully saturated rings. The van der Waals surface area contributed by atoms with Gasteiger partial charge in [0.05, 0.1) is 0 Å². The molecule has 0 radical (unpaired) electrons. The van der Waals surface area contributed by atoms with Crippen LogP contribution in [-0.4, -0.2) is 9.97 Å². The molecule has 70 valence electrons. The summed E-state index contributed by atoms with van der Waals surface area (Å²) in [6.45, 7) is 0. The Bertz CT molecular complexity index is 414. The van der Waals surface area contributed by atoms with Crippen LogP contribution in [0.2, 0.25) is 0 Å². The van der Waals surface area contributed by atoms with Crippen molar-refractivity contribution in [1.29, 1.82) is 0 Å². The third kappa shape index (κ3) is 1.76. The maximum Gasteiger partial charge on any atom is 0.103 e. The Labute approximate surface area is 93.2 Å². The lowest BCUT2D eigenvalue weighted by molar-refractivity contribution is 1.15. The monoisotopic (exact) mass is 220 g/mol. The minimum atomic E-state index is 0.765. The number of pyridine rings is 2. The summed E-state index contributed by atoms with van der Waals surface area (Å²) in [7, 11) is 0. The van der Waals surface area contributed by atoms with Crippen LogP contribution in [-0.2, 0) is 0 Å². The second-order valence-corrected chi connectivity index (χ2v) is 3.71. The highest BCUT2D eigenvalue weighted by molar-refractivity contribution is 7.80. The quantitative estimate of drug-likeness (QED) is 0.723. The standard InChI is InChI=1S/C10H8N2S2/c13-7-3-1-5-11-9(7)10-8(14)4-2-6-12-10/h1-6,13-14H. The van der Waals surface area contributed by atoms with Crippen molar-refractivity contribution in [3.63, 3.8) is 0 Å². The van der Waals surface area contributed by atoms with Gasteiger partial charge in [0.1, 0.15) is 11.4 Å². The van der Waals surface area contributed by atoms with Crippen LogP contribution in [0.25, 0.3) is 11.4 Å². The third-order valence-corrected chi connectivity index (χ3v) is 2.52. The Morgan fingerprint density at radius 2 is 1.21 bits per heavy atom. The van der Waals surface area contributed by atoms with Gasteiger partial charge >= 0.3 is 0 Å². The van der Waals surface area contributed by atoms with Gasteiger partial charge in [-0.15, -0.1) is 25.3 Å². The number of nitrogens with zero attached hydrogens (tertiary/aromatic N) is 2.